The van der Waals surface area contributed by atoms with Crippen LogP contribution in [0, 0.1) is 16.7 Å². The lowest BCUT2D eigenvalue weighted by molar-refractivity contribution is -0.124. The fourth-order valence-corrected chi connectivity index (χ4v) is 5.60. The Morgan fingerprint density at radius 1 is 1.00 bits per heavy atom. The highest BCUT2D eigenvalue weighted by molar-refractivity contribution is 5.93. The molecular weight excluding hydrogens is 486 g/mol. The number of anilines is 1. The summed E-state index contributed by atoms with van der Waals surface area (Å²) < 4.78 is 0. The summed E-state index contributed by atoms with van der Waals surface area (Å²) in [6, 6.07) is 26.5. The van der Waals surface area contributed by atoms with Crippen molar-refractivity contribution in [1.29, 1.82) is 5.26 Å². The fourth-order valence-electron chi connectivity index (χ4n) is 5.60. The number of carbonyl (C=O) groups excluding carboxylic acids is 1. The number of hydrogen-bond donors (Lipinski definition) is 3. The van der Waals surface area contributed by atoms with Gasteiger partial charge in [0.05, 0.1) is 12.3 Å². The summed E-state index contributed by atoms with van der Waals surface area (Å²) in [7, 11) is 0. The smallest absolute Gasteiger partial charge is 0.249 e. The van der Waals surface area contributed by atoms with Crippen LogP contribution in [-0.2, 0) is 16.6 Å². The molecule has 3 aromatic carbocycles. The molecule has 3 N–H and O–H groups in total. The van der Waals surface area contributed by atoms with Crippen molar-refractivity contribution in [2.24, 2.45) is 5.41 Å². The van der Waals surface area contributed by atoms with Crippen LogP contribution in [0.25, 0.3) is 22.5 Å². The van der Waals surface area contributed by atoms with Crippen LogP contribution >= 0.6 is 0 Å². The van der Waals surface area contributed by atoms with Gasteiger partial charge in [-0.15, -0.1) is 5.10 Å². The van der Waals surface area contributed by atoms with Crippen molar-refractivity contribution in [3.05, 3.63) is 107 Å². The van der Waals surface area contributed by atoms with Gasteiger partial charge in [0, 0.05) is 22.7 Å². The van der Waals surface area contributed by atoms with Crippen LogP contribution in [0.4, 0.5) is 5.95 Å². The maximum Gasteiger partial charge on any atom is 0.249 e. The first kappa shape index (κ1) is 24.3. The summed E-state index contributed by atoms with van der Waals surface area (Å²) in [5, 5.41) is 27.5. The molecule has 2 aromatic heterocycles. The first-order valence-corrected chi connectivity index (χ1v) is 12.8. The maximum absolute atomic E-state index is 13.6. The van der Waals surface area contributed by atoms with Gasteiger partial charge in [0.1, 0.15) is 5.41 Å². The zero-order valence-corrected chi connectivity index (χ0v) is 21.7. The lowest BCUT2D eigenvalue weighted by atomic mass is 9.61. The van der Waals surface area contributed by atoms with Crippen molar-refractivity contribution in [2.75, 3.05) is 5.32 Å². The van der Waals surface area contributed by atoms with E-state index < -0.39 is 10.8 Å². The third-order valence-electron chi connectivity index (χ3n) is 7.53. The van der Waals surface area contributed by atoms with Gasteiger partial charge in [-0.25, -0.2) is 0 Å². The Morgan fingerprint density at radius 2 is 1.69 bits per heavy atom. The van der Waals surface area contributed by atoms with Gasteiger partial charge < -0.3 is 0 Å². The molecule has 39 heavy (non-hydrogen) atoms. The highest BCUT2D eigenvalue weighted by Gasteiger charge is 2.47. The molecule has 0 fully saturated rings. The van der Waals surface area contributed by atoms with Crippen molar-refractivity contribution in [1.82, 2.24) is 25.4 Å². The number of aromatic amines is 2. The van der Waals surface area contributed by atoms with E-state index in [-0.39, 0.29) is 11.9 Å². The molecule has 2 heterocycles. The molecule has 0 saturated carbocycles. The van der Waals surface area contributed by atoms with Crippen LogP contribution in [0.5, 0.6) is 0 Å². The van der Waals surface area contributed by atoms with Gasteiger partial charge in [-0.2, -0.15) is 15.3 Å². The van der Waals surface area contributed by atoms with Crippen LogP contribution < -0.4 is 5.32 Å². The molecule has 8 nitrogen and oxygen atoms in total. The second kappa shape index (κ2) is 9.37. The largest absolute Gasteiger partial charge is 0.293 e. The Kier molecular flexibility index (Phi) is 5.84. The predicted molar refractivity (Wildman–Crippen MR) is 149 cm³/mol. The number of nitrogens with one attached hydrogen (secondary N) is 3. The lowest BCUT2D eigenvalue weighted by Crippen LogP contribution is -2.41. The van der Waals surface area contributed by atoms with Gasteiger partial charge in [0.15, 0.2) is 5.82 Å². The summed E-state index contributed by atoms with van der Waals surface area (Å²) >= 11 is 0. The minimum absolute atomic E-state index is 0.187. The lowest BCUT2D eigenvalue weighted by Gasteiger charge is -2.40. The summed E-state index contributed by atoms with van der Waals surface area (Å²) in [6.45, 7) is 3.73. The minimum atomic E-state index is -0.954. The van der Waals surface area contributed by atoms with E-state index in [9.17, 15) is 10.1 Å². The first-order valence-electron chi connectivity index (χ1n) is 12.8. The zero-order chi connectivity index (χ0) is 27.0. The average Bonchev–Trinajstić information content (AvgIpc) is 3.66. The van der Waals surface area contributed by atoms with Crippen LogP contribution in [0.1, 0.15) is 42.5 Å². The number of amides is 1. The average molecular weight is 514 g/mol. The number of hydrogen-bond acceptors (Lipinski definition) is 5. The fraction of sp³-hybridized carbons (Fsp3) is 0.194. The van der Waals surface area contributed by atoms with Crippen LogP contribution in [0.15, 0.2) is 85.2 Å². The van der Waals surface area contributed by atoms with E-state index in [1.807, 2.05) is 80.7 Å². The molecule has 0 spiro atoms. The number of benzene rings is 3. The maximum atomic E-state index is 13.6. The number of nitrogens with zero attached hydrogens (tertiary/aromatic N) is 4. The minimum Gasteiger partial charge on any atom is -0.293 e. The quantitative estimate of drug-likeness (QED) is 0.271. The Hall–Kier alpha value is -5.03. The molecule has 0 atom stereocenters. The number of rotatable bonds is 6. The van der Waals surface area contributed by atoms with Crippen molar-refractivity contribution >= 4 is 11.9 Å². The number of carbonyl (C=O) groups is 1. The molecule has 1 aliphatic carbocycles. The molecule has 0 saturated heterocycles. The molecule has 1 aliphatic rings. The summed E-state index contributed by atoms with van der Waals surface area (Å²) in [5.41, 5.74) is 5.08. The molecular formula is C31H27N7O. The van der Waals surface area contributed by atoms with E-state index in [0.717, 1.165) is 45.4 Å². The SMILES string of the molecule is CC(C)(CC1(C#N)c2ccccc2Cc2ccccc21)C(=O)Nc1n[nH]c(-c2cccc(-c3cn[nH]c3)c2)n1. The third-order valence-corrected chi connectivity index (χ3v) is 7.53. The molecule has 5 aromatic rings. The predicted octanol–water partition coefficient (Wildman–Crippen LogP) is 5.63. The summed E-state index contributed by atoms with van der Waals surface area (Å²) in [4.78, 5) is 18.1. The van der Waals surface area contributed by atoms with Crippen molar-refractivity contribution in [3.8, 4) is 28.6 Å². The van der Waals surface area contributed by atoms with E-state index in [2.05, 4.69) is 48.9 Å². The van der Waals surface area contributed by atoms with E-state index >= 15 is 0 Å². The molecule has 0 bridgehead atoms. The molecule has 0 unspecified atom stereocenters. The van der Waals surface area contributed by atoms with Gasteiger partial charge in [-0.3, -0.25) is 20.3 Å². The van der Waals surface area contributed by atoms with E-state index in [4.69, 9.17) is 0 Å². The molecule has 8 heteroatoms. The molecule has 0 radical (unpaired) electrons. The van der Waals surface area contributed by atoms with Crippen molar-refractivity contribution in [2.45, 2.75) is 32.1 Å². The molecule has 1 amide bonds. The monoisotopic (exact) mass is 513 g/mol. The Morgan fingerprint density at radius 3 is 2.36 bits per heavy atom. The van der Waals surface area contributed by atoms with Crippen LogP contribution in [0.3, 0.4) is 0 Å². The first-order chi connectivity index (χ1) is 18.9. The van der Waals surface area contributed by atoms with Crippen molar-refractivity contribution < 1.29 is 4.79 Å². The Labute approximate surface area is 226 Å². The summed E-state index contributed by atoms with van der Waals surface area (Å²) in [6.07, 6.45) is 4.65. The van der Waals surface area contributed by atoms with Crippen LogP contribution in [-0.4, -0.2) is 31.3 Å². The highest BCUT2D eigenvalue weighted by atomic mass is 16.2. The summed E-state index contributed by atoms with van der Waals surface area (Å²) in [5.74, 6) is 0.472. The van der Waals surface area contributed by atoms with Gasteiger partial charge in [0.2, 0.25) is 11.9 Å². The Bertz CT molecular complexity index is 1660. The standard InChI is InChI=1S/C31H27N7O/c1-30(2,18-31(19-32)25-12-5-3-8-21(25)15-22-9-4-6-13-26(22)31)28(39)36-29-35-27(37-38-29)23-11-7-10-20(14-23)24-16-33-34-17-24/h3-14,16-17H,15,18H2,1-2H3,(H,33,34)(H2,35,36,37,38,39). The number of nitriles is 1. The number of aromatic nitrogens is 5. The Balaban J connectivity index is 1.27. The molecule has 6 rings (SSSR count). The zero-order valence-electron chi connectivity index (χ0n) is 21.7. The van der Waals surface area contributed by atoms with E-state index in [1.165, 1.54) is 0 Å². The number of H-pyrrole nitrogens is 2. The van der Waals surface area contributed by atoms with E-state index in [1.54, 1.807) is 6.20 Å². The highest BCUT2D eigenvalue weighted by Crippen LogP contribution is 2.48. The van der Waals surface area contributed by atoms with Crippen molar-refractivity contribution in [3.63, 3.8) is 0 Å². The second-order valence-corrected chi connectivity index (χ2v) is 10.6. The molecule has 192 valence electrons. The van der Waals surface area contributed by atoms with Gasteiger partial charge in [-0.05, 0) is 46.7 Å². The normalized spacial score (nSPS) is 13.7. The topological polar surface area (TPSA) is 123 Å². The second-order valence-electron chi connectivity index (χ2n) is 10.6. The van der Waals surface area contributed by atoms with Crippen LogP contribution in [0.2, 0.25) is 0 Å². The van der Waals surface area contributed by atoms with Gasteiger partial charge >= 0.3 is 0 Å². The third kappa shape index (κ3) is 4.28. The van der Waals surface area contributed by atoms with Gasteiger partial charge in [0.25, 0.3) is 0 Å². The number of fused-ring (bicyclic) bond motifs is 2. The molecule has 0 aliphatic heterocycles. The van der Waals surface area contributed by atoms with Gasteiger partial charge in [-0.1, -0.05) is 80.6 Å². The van der Waals surface area contributed by atoms with E-state index in [0.29, 0.717) is 12.2 Å².